The highest BCUT2D eigenvalue weighted by molar-refractivity contribution is 7.02. The van der Waals surface area contributed by atoms with Crippen LogP contribution in [0.2, 0.25) is 13.1 Å². The van der Waals surface area contributed by atoms with Crippen LogP contribution < -0.4 is 10.4 Å². The number of aromatic nitrogens is 1. The lowest BCUT2D eigenvalue weighted by atomic mass is 9.62. The summed E-state index contributed by atoms with van der Waals surface area (Å²) in [4.78, 5) is 0. The van der Waals surface area contributed by atoms with Crippen molar-refractivity contribution in [1.29, 1.82) is 0 Å². The van der Waals surface area contributed by atoms with E-state index < -0.39 is 13.5 Å². The molecule has 0 aliphatic carbocycles. The standard InChI is InChI=1S/C45H33NSi/c1-47(2)42-25-11-8-20-37(42)45(39-22-12-17-33(44(39)47)32-28-26-31(27-29-32)30-14-4-3-5-15-30)36-19-7-10-24-41(36)46-40-23-9-6-16-34(40)35-18-13-21-38(45)43(35)46/h3-29H,1-2H3. The topological polar surface area (TPSA) is 4.93 Å². The lowest BCUT2D eigenvalue weighted by Gasteiger charge is -2.50. The molecule has 0 amide bonds. The Kier molecular flexibility index (Phi) is 5.43. The summed E-state index contributed by atoms with van der Waals surface area (Å²) < 4.78 is 2.53. The number of rotatable bonds is 2. The van der Waals surface area contributed by atoms with Crippen molar-refractivity contribution in [1.82, 2.24) is 4.57 Å². The van der Waals surface area contributed by atoms with E-state index in [4.69, 9.17) is 0 Å². The van der Waals surface area contributed by atoms with Crippen molar-refractivity contribution in [3.05, 3.63) is 186 Å². The van der Waals surface area contributed by atoms with Crippen molar-refractivity contribution < 1.29 is 0 Å². The quantitative estimate of drug-likeness (QED) is 0.171. The maximum absolute atomic E-state index is 2.56. The third-order valence-electron chi connectivity index (χ3n) is 11.0. The van der Waals surface area contributed by atoms with Gasteiger partial charge in [-0.3, -0.25) is 0 Å². The van der Waals surface area contributed by atoms with Crippen LogP contribution in [0.25, 0.3) is 49.7 Å². The minimum absolute atomic E-state index is 0.449. The van der Waals surface area contributed by atoms with Crippen molar-refractivity contribution in [3.8, 4) is 27.9 Å². The fourth-order valence-electron chi connectivity index (χ4n) is 9.17. The van der Waals surface area contributed by atoms with E-state index in [0.29, 0.717) is 0 Å². The summed E-state index contributed by atoms with van der Waals surface area (Å²) in [5.41, 5.74) is 14.2. The molecule has 47 heavy (non-hydrogen) atoms. The Bertz CT molecular complexity index is 2540. The summed E-state index contributed by atoms with van der Waals surface area (Å²) in [5.74, 6) is 0. The van der Waals surface area contributed by atoms with Gasteiger partial charge in [0.2, 0.25) is 0 Å². The molecule has 0 radical (unpaired) electrons. The van der Waals surface area contributed by atoms with Crippen LogP contribution in [0.15, 0.2) is 164 Å². The highest BCUT2D eigenvalue weighted by Crippen LogP contribution is 2.55. The molecule has 0 fully saturated rings. The van der Waals surface area contributed by atoms with Gasteiger partial charge in [-0.1, -0.05) is 165 Å². The van der Waals surface area contributed by atoms with Gasteiger partial charge in [0.15, 0.2) is 0 Å². The van der Waals surface area contributed by atoms with Crippen LogP contribution in [-0.4, -0.2) is 12.6 Å². The number of para-hydroxylation sites is 3. The van der Waals surface area contributed by atoms with Crippen LogP contribution in [0.4, 0.5) is 0 Å². The van der Waals surface area contributed by atoms with Gasteiger partial charge < -0.3 is 4.57 Å². The third-order valence-corrected chi connectivity index (χ3v) is 14.6. The number of fused-ring (bicyclic) bond motifs is 11. The molecule has 1 spiro atoms. The molecule has 0 saturated carbocycles. The monoisotopic (exact) mass is 615 g/mol. The van der Waals surface area contributed by atoms with Crippen LogP contribution >= 0.6 is 0 Å². The molecular weight excluding hydrogens is 583 g/mol. The molecule has 7 aromatic carbocycles. The van der Waals surface area contributed by atoms with Crippen LogP contribution in [0.3, 0.4) is 0 Å². The zero-order valence-corrected chi connectivity index (χ0v) is 27.5. The normalized spacial score (nSPS) is 17.0. The minimum Gasteiger partial charge on any atom is -0.309 e. The van der Waals surface area contributed by atoms with Gasteiger partial charge in [-0.2, -0.15) is 0 Å². The summed E-state index contributed by atoms with van der Waals surface area (Å²) in [6.45, 7) is 5.12. The van der Waals surface area contributed by atoms with Crippen LogP contribution in [0.1, 0.15) is 22.3 Å². The number of hydrogen-bond acceptors (Lipinski definition) is 0. The minimum atomic E-state index is -2.18. The molecule has 8 aromatic rings. The smallest absolute Gasteiger partial charge is 0.113 e. The van der Waals surface area contributed by atoms with Crippen LogP contribution in [0, 0.1) is 0 Å². The molecule has 1 atom stereocenters. The van der Waals surface area contributed by atoms with Gasteiger partial charge in [0.25, 0.3) is 0 Å². The highest BCUT2D eigenvalue weighted by atomic mass is 28.3. The Hall–Kier alpha value is -5.44. The lowest BCUT2D eigenvalue weighted by molar-refractivity contribution is 0.732. The first-order valence-corrected chi connectivity index (χ1v) is 19.6. The molecule has 2 aliphatic rings. The first-order chi connectivity index (χ1) is 23.1. The van der Waals surface area contributed by atoms with Gasteiger partial charge >= 0.3 is 0 Å². The highest BCUT2D eigenvalue weighted by Gasteiger charge is 2.53. The van der Waals surface area contributed by atoms with E-state index >= 15 is 0 Å². The Morgan fingerprint density at radius 2 is 1.04 bits per heavy atom. The van der Waals surface area contributed by atoms with Crippen molar-refractivity contribution in [2.24, 2.45) is 0 Å². The molecule has 1 nitrogen and oxygen atoms in total. The van der Waals surface area contributed by atoms with Gasteiger partial charge in [-0.05, 0) is 67.0 Å². The van der Waals surface area contributed by atoms with Gasteiger partial charge in [0.1, 0.15) is 8.07 Å². The first kappa shape index (κ1) is 26.7. The zero-order valence-electron chi connectivity index (χ0n) is 26.5. The summed E-state index contributed by atoms with van der Waals surface area (Å²) in [5, 5.41) is 5.70. The maximum Gasteiger partial charge on any atom is 0.113 e. The fraction of sp³-hybridized carbons (Fsp3) is 0.0667. The number of benzene rings is 7. The molecule has 10 rings (SSSR count). The van der Waals surface area contributed by atoms with Crippen LogP contribution in [-0.2, 0) is 5.41 Å². The van der Waals surface area contributed by atoms with E-state index in [-0.39, 0.29) is 0 Å². The number of nitrogens with zero attached hydrogens (tertiary/aromatic N) is 1. The van der Waals surface area contributed by atoms with Gasteiger partial charge in [0, 0.05) is 10.8 Å². The Morgan fingerprint density at radius 1 is 0.447 bits per heavy atom. The molecule has 3 heterocycles. The molecule has 222 valence electrons. The van der Waals surface area contributed by atoms with Crippen LogP contribution in [0.5, 0.6) is 0 Å². The number of hydrogen-bond donors (Lipinski definition) is 0. The largest absolute Gasteiger partial charge is 0.309 e. The maximum atomic E-state index is 2.56. The second kappa shape index (κ2) is 9.54. The second-order valence-electron chi connectivity index (χ2n) is 13.7. The molecule has 1 aromatic heterocycles. The Morgan fingerprint density at radius 3 is 1.89 bits per heavy atom. The zero-order chi connectivity index (χ0) is 31.3. The summed E-state index contributed by atoms with van der Waals surface area (Å²) in [6, 6.07) is 61.6. The van der Waals surface area contributed by atoms with Crippen molar-refractivity contribution in [2.75, 3.05) is 0 Å². The van der Waals surface area contributed by atoms with Gasteiger partial charge in [-0.25, -0.2) is 0 Å². The molecule has 0 bridgehead atoms. The van der Waals surface area contributed by atoms with E-state index in [1.807, 2.05) is 0 Å². The molecular formula is C45H33NSi. The van der Waals surface area contributed by atoms with Crippen molar-refractivity contribution >= 4 is 40.3 Å². The predicted octanol–water partition coefficient (Wildman–Crippen LogP) is 9.95. The van der Waals surface area contributed by atoms with Crippen molar-refractivity contribution in [3.63, 3.8) is 0 Å². The average molecular weight is 616 g/mol. The summed E-state index contributed by atoms with van der Waals surface area (Å²) >= 11 is 0. The molecule has 0 N–H and O–H groups in total. The molecule has 2 heteroatoms. The molecule has 0 saturated heterocycles. The summed E-state index contributed by atoms with van der Waals surface area (Å²) in [7, 11) is -2.18. The lowest BCUT2D eigenvalue weighted by Crippen LogP contribution is -2.64. The van der Waals surface area contributed by atoms with E-state index in [1.54, 1.807) is 5.19 Å². The fourth-order valence-corrected chi connectivity index (χ4v) is 12.7. The summed E-state index contributed by atoms with van der Waals surface area (Å²) in [6.07, 6.45) is 0. The van der Waals surface area contributed by atoms with Gasteiger partial charge in [0.05, 0.1) is 22.1 Å². The van der Waals surface area contributed by atoms with E-state index in [9.17, 15) is 0 Å². The molecule has 1 unspecified atom stereocenters. The molecule has 2 aliphatic heterocycles. The van der Waals surface area contributed by atoms with Gasteiger partial charge in [-0.15, -0.1) is 0 Å². The van der Waals surface area contributed by atoms with E-state index in [0.717, 1.165) is 0 Å². The average Bonchev–Trinajstić information content (AvgIpc) is 3.47. The second-order valence-corrected chi connectivity index (χ2v) is 18.0. The third kappa shape index (κ3) is 3.38. The predicted molar refractivity (Wildman–Crippen MR) is 200 cm³/mol. The first-order valence-electron chi connectivity index (χ1n) is 16.6. The Balaban J connectivity index is 1.35. The Labute approximate surface area is 276 Å². The van der Waals surface area contributed by atoms with Crippen molar-refractivity contribution in [2.45, 2.75) is 18.5 Å². The SMILES string of the molecule is C[Si]1(C)c2ccccc2C2(c3ccccc3-n3c4ccccc4c4cccc2c43)c2cccc(-c3ccc(-c4ccccc4)cc3)c21. The van der Waals surface area contributed by atoms with E-state index in [1.165, 1.54) is 77.2 Å². The van der Waals surface area contributed by atoms with E-state index in [2.05, 4.69) is 181 Å².